The van der Waals surface area contributed by atoms with Gasteiger partial charge in [0.15, 0.2) is 0 Å². The molecule has 1 atom stereocenters. The largest absolute Gasteiger partial charge is 0.468 e. The summed E-state index contributed by atoms with van der Waals surface area (Å²) in [7, 11) is 1.39. The van der Waals surface area contributed by atoms with Gasteiger partial charge < -0.3 is 9.47 Å². The fourth-order valence-corrected chi connectivity index (χ4v) is 2.46. The Kier molecular flexibility index (Phi) is 6.58. The van der Waals surface area contributed by atoms with E-state index in [9.17, 15) is 4.79 Å². The van der Waals surface area contributed by atoms with Crippen LogP contribution in [0.1, 0.15) is 32.8 Å². The van der Waals surface area contributed by atoms with Crippen LogP contribution in [0.3, 0.4) is 0 Å². The number of nitrogens with zero attached hydrogens (tertiary/aromatic N) is 1. The number of nitriles is 1. The van der Waals surface area contributed by atoms with Gasteiger partial charge >= 0.3 is 5.97 Å². The van der Waals surface area contributed by atoms with Gasteiger partial charge in [0.05, 0.1) is 30.6 Å². The first-order valence-corrected chi connectivity index (χ1v) is 7.88. The fourth-order valence-electron chi connectivity index (χ4n) is 2.06. The van der Waals surface area contributed by atoms with Gasteiger partial charge in [0, 0.05) is 11.1 Å². The van der Waals surface area contributed by atoms with Gasteiger partial charge in [0.1, 0.15) is 0 Å². The summed E-state index contributed by atoms with van der Waals surface area (Å²) in [5.74, 6) is -0.297. The van der Waals surface area contributed by atoms with E-state index in [4.69, 9.17) is 14.7 Å². The average molecular weight is 368 g/mol. The molecule has 0 aliphatic heterocycles. The summed E-state index contributed by atoms with van der Waals surface area (Å²) in [6.07, 6.45) is 0.484. The van der Waals surface area contributed by atoms with Crippen LogP contribution in [0, 0.1) is 16.7 Å². The van der Waals surface area contributed by atoms with Crippen molar-refractivity contribution in [3.63, 3.8) is 0 Å². The number of carbonyl (C=O) groups is 1. The molecule has 5 heteroatoms. The minimum atomic E-state index is -0.782. The summed E-state index contributed by atoms with van der Waals surface area (Å²) in [6, 6.07) is 9.80. The van der Waals surface area contributed by atoms with Crippen LogP contribution in [0.25, 0.3) is 0 Å². The first-order chi connectivity index (χ1) is 10.2. The third-order valence-electron chi connectivity index (χ3n) is 3.61. The van der Waals surface area contributed by atoms with E-state index in [0.717, 1.165) is 10.0 Å². The molecule has 0 fully saturated rings. The summed E-state index contributed by atoms with van der Waals surface area (Å²) in [4.78, 5) is 12.2. The van der Waals surface area contributed by atoms with E-state index in [1.54, 1.807) is 0 Å². The maximum atomic E-state index is 12.2. The number of rotatable bonds is 7. The average Bonchev–Trinajstić information content (AvgIpc) is 2.50. The molecular weight excluding hydrogens is 346 g/mol. The third-order valence-corrected chi connectivity index (χ3v) is 4.10. The SMILES string of the molecule is COC(=O)C(C)(CCOCC(C)(C)C#N)c1cccc(Br)c1. The second-order valence-corrected chi connectivity index (χ2v) is 7.05. The molecule has 0 aromatic heterocycles. The Labute approximate surface area is 140 Å². The molecule has 120 valence electrons. The normalized spacial score (nSPS) is 14.0. The smallest absolute Gasteiger partial charge is 0.316 e. The highest BCUT2D eigenvalue weighted by molar-refractivity contribution is 9.10. The number of benzene rings is 1. The fraction of sp³-hybridized carbons (Fsp3) is 0.529. The topological polar surface area (TPSA) is 59.3 Å². The second-order valence-electron chi connectivity index (χ2n) is 6.13. The highest BCUT2D eigenvalue weighted by atomic mass is 79.9. The molecule has 0 aliphatic rings. The van der Waals surface area contributed by atoms with Crippen molar-refractivity contribution in [2.45, 2.75) is 32.6 Å². The number of halogens is 1. The quantitative estimate of drug-likeness (QED) is 0.542. The van der Waals surface area contributed by atoms with Crippen molar-refractivity contribution < 1.29 is 14.3 Å². The summed E-state index contributed by atoms with van der Waals surface area (Å²) < 4.78 is 11.5. The van der Waals surface area contributed by atoms with Crippen molar-refractivity contribution in [1.29, 1.82) is 5.26 Å². The maximum absolute atomic E-state index is 12.2. The molecule has 0 amide bonds. The molecule has 4 nitrogen and oxygen atoms in total. The van der Waals surface area contributed by atoms with Crippen LogP contribution in [-0.4, -0.2) is 26.3 Å². The molecule has 0 saturated carbocycles. The lowest BCUT2D eigenvalue weighted by Gasteiger charge is -2.28. The molecule has 1 aromatic rings. The molecule has 0 saturated heterocycles. The molecule has 1 rings (SSSR count). The minimum Gasteiger partial charge on any atom is -0.468 e. The minimum absolute atomic E-state index is 0.297. The van der Waals surface area contributed by atoms with E-state index in [2.05, 4.69) is 22.0 Å². The van der Waals surface area contributed by atoms with E-state index in [1.807, 2.05) is 45.0 Å². The highest BCUT2D eigenvalue weighted by Crippen LogP contribution is 2.31. The van der Waals surface area contributed by atoms with E-state index in [1.165, 1.54) is 7.11 Å². The molecule has 0 spiro atoms. The zero-order chi connectivity index (χ0) is 16.8. The van der Waals surface area contributed by atoms with Gasteiger partial charge in [-0.15, -0.1) is 0 Å². The van der Waals surface area contributed by atoms with Crippen LogP contribution in [0.2, 0.25) is 0 Å². The van der Waals surface area contributed by atoms with E-state index in [0.29, 0.717) is 19.6 Å². The van der Waals surface area contributed by atoms with Crippen molar-refractivity contribution in [3.8, 4) is 6.07 Å². The van der Waals surface area contributed by atoms with Crippen molar-refractivity contribution in [3.05, 3.63) is 34.3 Å². The summed E-state index contributed by atoms with van der Waals surface area (Å²) >= 11 is 3.42. The summed E-state index contributed by atoms with van der Waals surface area (Å²) in [6.45, 7) is 6.20. The van der Waals surface area contributed by atoms with Crippen molar-refractivity contribution in [1.82, 2.24) is 0 Å². The van der Waals surface area contributed by atoms with Crippen LogP contribution >= 0.6 is 15.9 Å². The third kappa shape index (κ3) is 4.82. The number of carbonyl (C=O) groups excluding carboxylic acids is 1. The number of hydrogen-bond donors (Lipinski definition) is 0. The summed E-state index contributed by atoms with van der Waals surface area (Å²) in [5.41, 5.74) is -0.441. The van der Waals surface area contributed by atoms with Crippen molar-refractivity contribution in [2.24, 2.45) is 5.41 Å². The van der Waals surface area contributed by atoms with Gasteiger partial charge in [0.2, 0.25) is 0 Å². The molecule has 0 aliphatic carbocycles. The van der Waals surface area contributed by atoms with Crippen molar-refractivity contribution in [2.75, 3.05) is 20.3 Å². The first-order valence-electron chi connectivity index (χ1n) is 7.08. The van der Waals surface area contributed by atoms with Crippen LogP contribution in [0.15, 0.2) is 28.7 Å². The van der Waals surface area contributed by atoms with Gasteiger partial charge in [-0.2, -0.15) is 5.26 Å². The monoisotopic (exact) mass is 367 g/mol. The van der Waals surface area contributed by atoms with Crippen molar-refractivity contribution >= 4 is 21.9 Å². The Bertz CT molecular complexity index is 565. The van der Waals surface area contributed by atoms with Gasteiger partial charge in [0.25, 0.3) is 0 Å². The zero-order valence-electron chi connectivity index (χ0n) is 13.5. The molecule has 0 heterocycles. The van der Waals surface area contributed by atoms with Gasteiger partial charge in [-0.1, -0.05) is 28.1 Å². The lowest BCUT2D eigenvalue weighted by atomic mass is 9.80. The Balaban J connectivity index is 2.82. The standard InChI is InChI=1S/C17H22BrNO3/c1-16(2,11-19)12-22-9-8-17(3,15(20)21-4)13-6-5-7-14(18)10-13/h5-7,10H,8-9,12H2,1-4H3. The lowest BCUT2D eigenvalue weighted by molar-refractivity contribution is -0.147. The second kappa shape index (κ2) is 7.75. The van der Waals surface area contributed by atoms with Gasteiger partial charge in [-0.3, -0.25) is 4.79 Å². The van der Waals surface area contributed by atoms with Gasteiger partial charge in [-0.05, 0) is 44.9 Å². The summed E-state index contributed by atoms with van der Waals surface area (Å²) in [5, 5.41) is 8.98. The van der Waals surface area contributed by atoms with Crippen LogP contribution in [-0.2, 0) is 19.7 Å². The maximum Gasteiger partial charge on any atom is 0.316 e. The Hall–Kier alpha value is -1.38. The zero-order valence-corrected chi connectivity index (χ0v) is 15.1. The molecule has 1 aromatic carbocycles. The molecule has 0 N–H and O–H groups in total. The number of ether oxygens (including phenoxy) is 2. The number of esters is 1. The van der Waals surface area contributed by atoms with Crippen LogP contribution in [0.5, 0.6) is 0 Å². The predicted molar refractivity (Wildman–Crippen MR) is 88.3 cm³/mol. The Morgan fingerprint density at radius 2 is 2.05 bits per heavy atom. The lowest BCUT2D eigenvalue weighted by Crippen LogP contribution is -2.35. The molecule has 0 bridgehead atoms. The number of methoxy groups -OCH3 is 1. The van der Waals surface area contributed by atoms with E-state index in [-0.39, 0.29) is 5.97 Å². The van der Waals surface area contributed by atoms with Crippen LogP contribution in [0.4, 0.5) is 0 Å². The Morgan fingerprint density at radius 3 is 2.59 bits per heavy atom. The predicted octanol–water partition coefficient (Wildman–Crippen LogP) is 3.84. The number of hydrogen-bond acceptors (Lipinski definition) is 4. The van der Waals surface area contributed by atoms with Gasteiger partial charge in [-0.25, -0.2) is 0 Å². The molecule has 0 radical (unpaired) electrons. The molecule has 22 heavy (non-hydrogen) atoms. The van der Waals surface area contributed by atoms with Crippen LogP contribution < -0.4 is 0 Å². The highest BCUT2D eigenvalue weighted by Gasteiger charge is 2.36. The molecule has 1 unspecified atom stereocenters. The molecular formula is C17H22BrNO3. The Morgan fingerprint density at radius 1 is 1.36 bits per heavy atom. The first kappa shape index (κ1) is 18.7. The van der Waals surface area contributed by atoms with E-state index < -0.39 is 10.8 Å². The van der Waals surface area contributed by atoms with E-state index >= 15 is 0 Å².